The third-order valence-electron chi connectivity index (χ3n) is 3.21. The lowest BCUT2D eigenvalue weighted by atomic mass is 10.1. The fraction of sp³-hybridized carbons (Fsp3) is 0.222. The predicted molar refractivity (Wildman–Crippen MR) is 89.6 cm³/mol. The van der Waals surface area contributed by atoms with Crippen molar-refractivity contribution in [3.63, 3.8) is 0 Å². The van der Waals surface area contributed by atoms with Gasteiger partial charge >= 0.3 is 6.61 Å². The molecular weight excluding hydrogens is 330 g/mol. The maximum absolute atomic E-state index is 12.3. The SMILES string of the molecule is Cc1ccc(CNC(=O)CO/N=C/c2ccccc2OC(F)F)cc1. The second-order valence-electron chi connectivity index (χ2n) is 5.19. The number of halogens is 2. The standard InChI is InChI=1S/C18H18F2N2O3/c1-13-6-8-14(9-7-13)10-21-17(23)12-24-22-11-15-4-2-3-5-16(15)25-18(19)20/h2-9,11,18H,10,12H2,1H3,(H,21,23)/b22-11+. The zero-order valence-electron chi connectivity index (χ0n) is 13.6. The number of aryl methyl sites for hydroxylation is 1. The number of carbonyl (C=O) groups excluding carboxylic acids is 1. The van der Waals surface area contributed by atoms with Gasteiger partial charge in [0, 0.05) is 12.1 Å². The molecule has 1 amide bonds. The largest absolute Gasteiger partial charge is 0.434 e. The van der Waals surface area contributed by atoms with Crippen LogP contribution in [0.4, 0.5) is 8.78 Å². The molecule has 0 heterocycles. The topological polar surface area (TPSA) is 59.9 Å². The normalized spacial score (nSPS) is 10.9. The molecule has 0 fully saturated rings. The van der Waals surface area contributed by atoms with Gasteiger partial charge in [-0.2, -0.15) is 8.78 Å². The van der Waals surface area contributed by atoms with Crippen molar-refractivity contribution in [3.8, 4) is 5.75 Å². The number of hydrogen-bond acceptors (Lipinski definition) is 4. The number of rotatable bonds is 8. The lowest BCUT2D eigenvalue weighted by molar-refractivity contribution is -0.125. The van der Waals surface area contributed by atoms with E-state index in [1.54, 1.807) is 18.2 Å². The minimum absolute atomic E-state index is 0.0197. The summed E-state index contributed by atoms with van der Waals surface area (Å²) in [6, 6.07) is 13.9. The van der Waals surface area contributed by atoms with E-state index < -0.39 is 6.61 Å². The summed E-state index contributed by atoms with van der Waals surface area (Å²) < 4.78 is 28.9. The molecule has 7 heteroatoms. The van der Waals surface area contributed by atoms with Crippen molar-refractivity contribution < 1.29 is 23.1 Å². The number of alkyl halides is 2. The molecule has 2 aromatic rings. The first-order chi connectivity index (χ1) is 12.0. The van der Waals surface area contributed by atoms with Crippen molar-refractivity contribution in [2.75, 3.05) is 6.61 Å². The van der Waals surface area contributed by atoms with Crippen molar-refractivity contribution in [3.05, 3.63) is 65.2 Å². The number of ether oxygens (including phenoxy) is 1. The van der Waals surface area contributed by atoms with Gasteiger partial charge < -0.3 is 14.9 Å². The molecule has 25 heavy (non-hydrogen) atoms. The fourth-order valence-electron chi connectivity index (χ4n) is 1.94. The molecule has 1 N–H and O–H groups in total. The Kier molecular flexibility index (Phi) is 6.88. The van der Waals surface area contributed by atoms with Gasteiger partial charge in [0.15, 0.2) is 6.61 Å². The van der Waals surface area contributed by atoms with Crippen LogP contribution < -0.4 is 10.1 Å². The Balaban J connectivity index is 1.77. The number of nitrogens with zero attached hydrogens (tertiary/aromatic N) is 1. The van der Waals surface area contributed by atoms with Crippen LogP contribution in [0.25, 0.3) is 0 Å². The Morgan fingerprint density at radius 1 is 1.20 bits per heavy atom. The Bertz CT molecular complexity index is 719. The summed E-state index contributed by atoms with van der Waals surface area (Å²) in [5, 5.41) is 6.30. The molecule has 5 nitrogen and oxygen atoms in total. The zero-order valence-corrected chi connectivity index (χ0v) is 13.6. The highest BCUT2D eigenvalue weighted by Gasteiger charge is 2.07. The Morgan fingerprint density at radius 3 is 2.64 bits per heavy atom. The third kappa shape index (κ3) is 6.58. The number of benzene rings is 2. The number of hydrogen-bond donors (Lipinski definition) is 1. The predicted octanol–water partition coefficient (Wildman–Crippen LogP) is 3.26. The number of oxime groups is 1. The van der Waals surface area contributed by atoms with E-state index in [1.807, 2.05) is 31.2 Å². The molecule has 0 bridgehead atoms. The summed E-state index contributed by atoms with van der Waals surface area (Å²) in [7, 11) is 0. The lowest BCUT2D eigenvalue weighted by Crippen LogP contribution is -2.26. The van der Waals surface area contributed by atoms with Gasteiger partial charge in [0.2, 0.25) is 0 Å². The van der Waals surface area contributed by atoms with Crippen molar-refractivity contribution >= 4 is 12.1 Å². The van der Waals surface area contributed by atoms with E-state index in [0.717, 1.165) is 11.1 Å². The van der Waals surface area contributed by atoms with Crippen LogP contribution in [-0.2, 0) is 16.2 Å². The van der Waals surface area contributed by atoms with E-state index in [-0.39, 0.29) is 18.3 Å². The first kappa shape index (κ1) is 18.4. The summed E-state index contributed by atoms with van der Waals surface area (Å²) in [6.07, 6.45) is 1.21. The molecular formula is C18H18F2N2O3. The monoisotopic (exact) mass is 348 g/mol. The molecule has 0 aromatic heterocycles. The van der Waals surface area contributed by atoms with Crippen LogP contribution in [0, 0.1) is 6.92 Å². The minimum Gasteiger partial charge on any atom is -0.434 e. The first-order valence-corrected chi connectivity index (χ1v) is 7.56. The smallest absolute Gasteiger partial charge is 0.387 e. The minimum atomic E-state index is -2.93. The number of carbonyl (C=O) groups is 1. The second kappa shape index (κ2) is 9.36. The number of para-hydroxylation sites is 1. The maximum atomic E-state index is 12.3. The number of amides is 1. The molecule has 0 atom stereocenters. The van der Waals surface area contributed by atoms with Crippen LogP contribution in [0.5, 0.6) is 5.75 Å². The van der Waals surface area contributed by atoms with Crippen LogP contribution in [0.1, 0.15) is 16.7 Å². The molecule has 0 aliphatic heterocycles. The lowest BCUT2D eigenvalue weighted by Gasteiger charge is -2.07. The van der Waals surface area contributed by atoms with Crippen LogP contribution >= 0.6 is 0 Å². The van der Waals surface area contributed by atoms with Gasteiger partial charge in [0.05, 0.1) is 6.21 Å². The quantitative estimate of drug-likeness (QED) is 0.588. The van der Waals surface area contributed by atoms with Gasteiger partial charge in [-0.15, -0.1) is 0 Å². The average molecular weight is 348 g/mol. The van der Waals surface area contributed by atoms with Gasteiger partial charge in [-0.1, -0.05) is 47.1 Å². The van der Waals surface area contributed by atoms with E-state index in [0.29, 0.717) is 12.1 Å². The van der Waals surface area contributed by atoms with Crippen LogP contribution in [0.2, 0.25) is 0 Å². The molecule has 0 saturated heterocycles. The highest BCUT2D eigenvalue weighted by molar-refractivity contribution is 5.83. The van der Waals surface area contributed by atoms with Crippen LogP contribution in [-0.4, -0.2) is 25.3 Å². The average Bonchev–Trinajstić information content (AvgIpc) is 2.59. The van der Waals surface area contributed by atoms with Crippen molar-refractivity contribution in [2.45, 2.75) is 20.1 Å². The van der Waals surface area contributed by atoms with E-state index in [4.69, 9.17) is 4.84 Å². The van der Waals surface area contributed by atoms with Gasteiger partial charge in [-0.05, 0) is 24.6 Å². The summed E-state index contributed by atoms with van der Waals surface area (Å²) in [4.78, 5) is 16.6. The van der Waals surface area contributed by atoms with Gasteiger partial charge in [-0.3, -0.25) is 4.79 Å². The molecule has 2 rings (SSSR count). The van der Waals surface area contributed by atoms with E-state index >= 15 is 0 Å². The summed E-state index contributed by atoms with van der Waals surface area (Å²) in [5.41, 5.74) is 2.44. The molecule has 0 aliphatic rings. The molecule has 0 radical (unpaired) electrons. The molecule has 132 valence electrons. The highest BCUT2D eigenvalue weighted by atomic mass is 19.3. The molecule has 0 aliphatic carbocycles. The summed E-state index contributed by atoms with van der Waals surface area (Å²) in [6.45, 7) is -0.834. The summed E-state index contributed by atoms with van der Waals surface area (Å²) in [5.74, 6) is -0.358. The molecule has 0 unspecified atom stereocenters. The first-order valence-electron chi connectivity index (χ1n) is 7.56. The van der Waals surface area contributed by atoms with E-state index in [9.17, 15) is 13.6 Å². The van der Waals surface area contributed by atoms with Crippen molar-refractivity contribution in [1.29, 1.82) is 0 Å². The van der Waals surface area contributed by atoms with Crippen molar-refractivity contribution in [1.82, 2.24) is 5.32 Å². The molecule has 0 spiro atoms. The fourth-order valence-corrected chi connectivity index (χ4v) is 1.94. The number of nitrogens with one attached hydrogen (secondary N) is 1. The second-order valence-corrected chi connectivity index (χ2v) is 5.19. The Hall–Kier alpha value is -2.96. The van der Waals surface area contributed by atoms with Crippen molar-refractivity contribution in [2.24, 2.45) is 5.16 Å². The molecule has 2 aromatic carbocycles. The van der Waals surface area contributed by atoms with Gasteiger partial charge in [0.25, 0.3) is 5.91 Å². The maximum Gasteiger partial charge on any atom is 0.387 e. The van der Waals surface area contributed by atoms with Crippen LogP contribution in [0.15, 0.2) is 53.7 Å². The van der Waals surface area contributed by atoms with Gasteiger partial charge in [-0.25, -0.2) is 0 Å². The molecule has 0 saturated carbocycles. The van der Waals surface area contributed by atoms with E-state index in [1.165, 1.54) is 12.3 Å². The van der Waals surface area contributed by atoms with Crippen LogP contribution in [0.3, 0.4) is 0 Å². The van der Waals surface area contributed by atoms with E-state index in [2.05, 4.69) is 15.2 Å². The summed E-state index contributed by atoms with van der Waals surface area (Å²) >= 11 is 0. The highest BCUT2D eigenvalue weighted by Crippen LogP contribution is 2.18. The van der Waals surface area contributed by atoms with Gasteiger partial charge in [0.1, 0.15) is 5.75 Å². The third-order valence-corrected chi connectivity index (χ3v) is 3.21. The zero-order chi connectivity index (χ0) is 18.1. The Morgan fingerprint density at radius 2 is 1.92 bits per heavy atom. The Labute approximate surface area is 144 Å².